The maximum absolute atomic E-state index is 12.4. The molecule has 0 atom stereocenters. The summed E-state index contributed by atoms with van der Waals surface area (Å²) >= 11 is 0. The second-order valence-electron chi connectivity index (χ2n) is 6.00. The summed E-state index contributed by atoms with van der Waals surface area (Å²) in [5, 5.41) is 8.44. The molecule has 1 heterocycles. The molecule has 26 heavy (non-hydrogen) atoms. The molecule has 2 aromatic carbocycles. The zero-order chi connectivity index (χ0) is 18.4. The van der Waals surface area contributed by atoms with Crippen LogP contribution >= 0.6 is 0 Å². The molecule has 1 aliphatic heterocycles. The van der Waals surface area contributed by atoms with Gasteiger partial charge in [-0.05, 0) is 36.8 Å². The normalized spacial score (nSPS) is 13.8. The molecule has 3 rings (SSSR count). The summed E-state index contributed by atoms with van der Waals surface area (Å²) in [5.41, 5.74) is 2.89. The highest BCUT2D eigenvalue weighted by atomic mass is 16.5. The van der Waals surface area contributed by atoms with E-state index in [0.29, 0.717) is 43.4 Å². The van der Waals surface area contributed by atoms with E-state index in [9.17, 15) is 9.59 Å². The highest BCUT2D eigenvalue weighted by molar-refractivity contribution is 6.00. The fourth-order valence-corrected chi connectivity index (χ4v) is 2.61. The number of carbonyl (C=O) groups is 2. The number of aryl methyl sites for hydroxylation is 1. The summed E-state index contributed by atoms with van der Waals surface area (Å²) in [6, 6.07) is 14.1. The first kappa shape index (κ1) is 17.8. The minimum absolute atomic E-state index is 0.165. The van der Waals surface area contributed by atoms with Crippen LogP contribution in [0.15, 0.2) is 48.5 Å². The standard InChI is InChI=1S/C19H22N4O3/c1-14-7-8-16(21-18(24)20-15-5-3-2-4-6-15)13-17(14)22-19(25)23-9-11-26-12-10-23/h2-8,13H,9-12H2,1H3,(H,22,25)(H2,20,21,24). The molecule has 0 unspecified atom stereocenters. The number of ether oxygens (including phenoxy) is 1. The Kier molecular flexibility index (Phi) is 5.70. The number of hydrogen-bond acceptors (Lipinski definition) is 3. The molecule has 1 saturated heterocycles. The Labute approximate surface area is 152 Å². The van der Waals surface area contributed by atoms with Crippen molar-refractivity contribution < 1.29 is 14.3 Å². The SMILES string of the molecule is Cc1ccc(NC(=O)Nc2ccccc2)cc1NC(=O)N1CCOCC1. The molecule has 0 aromatic heterocycles. The first-order valence-corrected chi connectivity index (χ1v) is 8.49. The van der Waals surface area contributed by atoms with Gasteiger partial charge in [-0.1, -0.05) is 24.3 Å². The van der Waals surface area contributed by atoms with Gasteiger partial charge in [0.05, 0.1) is 13.2 Å². The summed E-state index contributed by atoms with van der Waals surface area (Å²) in [6.07, 6.45) is 0. The molecular weight excluding hydrogens is 332 g/mol. The van der Waals surface area contributed by atoms with Crippen molar-refractivity contribution in [3.05, 3.63) is 54.1 Å². The van der Waals surface area contributed by atoms with Gasteiger partial charge in [0.15, 0.2) is 0 Å². The van der Waals surface area contributed by atoms with Crippen LogP contribution in [0.25, 0.3) is 0 Å². The molecule has 0 saturated carbocycles. The van der Waals surface area contributed by atoms with Crippen molar-refractivity contribution in [2.75, 3.05) is 42.3 Å². The van der Waals surface area contributed by atoms with Crippen LogP contribution in [0.1, 0.15) is 5.56 Å². The Balaban J connectivity index is 1.63. The van der Waals surface area contributed by atoms with E-state index in [1.807, 2.05) is 43.3 Å². The monoisotopic (exact) mass is 354 g/mol. The maximum atomic E-state index is 12.4. The van der Waals surface area contributed by atoms with Crippen molar-refractivity contribution >= 4 is 29.1 Å². The van der Waals surface area contributed by atoms with Gasteiger partial charge in [0, 0.05) is 30.2 Å². The van der Waals surface area contributed by atoms with Crippen LogP contribution in [0.3, 0.4) is 0 Å². The van der Waals surface area contributed by atoms with E-state index in [-0.39, 0.29) is 12.1 Å². The summed E-state index contributed by atoms with van der Waals surface area (Å²) in [6.45, 7) is 4.15. The minimum atomic E-state index is -0.342. The van der Waals surface area contributed by atoms with Crippen molar-refractivity contribution in [2.45, 2.75) is 6.92 Å². The number of amides is 4. The second-order valence-corrected chi connectivity index (χ2v) is 6.00. The number of urea groups is 2. The molecule has 136 valence electrons. The smallest absolute Gasteiger partial charge is 0.323 e. The minimum Gasteiger partial charge on any atom is -0.378 e. The predicted molar refractivity (Wildman–Crippen MR) is 102 cm³/mol. The molecule has 1 aliphatic rings. The first-order chi connectivity index (χ1) is 12.6. The third-order valence-corrected chi connectivity index (χ3v) is 4.07. The predicted octanol–water partition coefficient (Wildman–Crippen LogP) is 3.50. The highest BCUT2D eigenvalue weighted by Gasteiger charge is 2.17. The van der Waals surface area contributed by atoms with Gasteiger partial charge in [0.2, 0.25) is 0 Å². The molecule has 0 spiro atoms. The van der Waals surface area contributed by atoms with E-state index >= 15 is 0 Å². The van der Waals surface area contributed by atoms with E-state index in [1.54, 1.807) is 17.0 Å². The zero-order valence-corrected chi connectivity index (χ0v) is 14.6. The molecule has 7 nitrogen and oxygen atoms in total. The van der Waals surface area contributed by atoms with E-state index in [0.717, 1.165) is 5.56 Å². The van der Waals surface area contributed by atoms with E-state index < -0.39 is 0 Å². The number of hydrogen-bond donors (Lipinski definition) is 3. The molecule has 7 heteroatoms. The van der Waals surface area contributed by atoms with Gasteiger partial charge in [0.1, 0.15) is 0 Å². The summed E-state index contributed by atoms with van der Waals surface area (Å²) in [7, 11) is 0. The number of rotatable bonds is 3. The number of morpholine rings is 1. The summed E-state index contributed by atoms with van der Waals surface area (Å²) in [5.74, 6) is 0. The molecule has 1 fully saturated rings. The van der Waals surface area contributed by atoms with Gasteiger partial charge < -0.3 is 25.6 Å². The van der Waals surface area contributed by atoms with Crippen LogP contribution < -0.4 is 16.0 Å². The van der Waals surface area contributed by atoms with Crippen LogP contribution in [0.2, 0.25) is 0 Å². The fourth-order valence-electron chi connectivity index (χ4n) is 2.61. The topological polar surface area (TPSA) is 82.7 Å². The van der Waals surface area contributed by atoms with Gasteiger partial charge in [-0.15, -0.1) is 0 Å². The van der Waals surface area contributed by atoms with Crippen LogP contribution in [0, 0.1) is 6.92 Å². The molecular formula is C19H22N4O3. The van der Waals surface area contributed by atoms with Crippen LogP contribution in [-0.2, 0) is 4.74 Å². The van der Waals surface area contributed by atoms with Crippen molar-refractivity contribution in [3.63, 3.8) is 0 Å². The van der Waals surface area contributed by atoms with Gasteiger partial charge in [-0.25, -0.2) is 9.59 Å². The number of carbonyl (C=O) groups excluding carboxylic acids is 2. The molecule has 0 radical (unpaired) electrons. The molecule has 2 aromatic rings. The van der Waals surface area contributed by atoms with Crippen molar-refractivity contribution in [1.82, 2.24) is 4.90 Å². The van der Waals surface area contributed by atoms with Crippen LogP contribution in [-0.4, -0.2) is 43.3 Å². The lowest BCUT2D eigenvalue weighted by molar-refractivity contribution is 0.0564. The second kappa shape index (κ2) is 8.35. The highest BCUT2D eigenvalue weighted by Crippen LogP contribution is 2.21. The number of nitrogens with one attached hydrogen (secondary N) is 3. The Bertz CT molecular complexity index is 774. The van der Waals surface area contributed by atoms with Crippen molar-refractivity contribution in [1.29, 1.82) is 0 Å². The number of para-hydroxylation sites is 1. The fraction of sp³-hybridized carbons (Fsp3) is 0.263. The average molecular weight is 354 g/mol. The Morgan fingerprint density at radius 1 is 0.923 bits per heavy atom. The molecule has 0 bridgehead atoms. The first-order valence-electron chi connectivity index (χ1n) is 8.49. The lowest BCUT2D eigenvalue weighted by Gasteiger charge is -2.27. The Morgan fingerprint density at radius 3 is 2.35 bits per heavy atom. The summed E-state index contributed by atoms with van der Waals surface area (Å²) in [4.78, 5) is 26.2. The third kappa shape index (κ3) is 4.73. The zero-order valence-electron chi connectivity index (χ0n) is 14.6. The summed E-state index contributed by atoms with van der Waals surface area (Å²) < 4.78 is 5.26. The largest absolute Gasteiger partial charge is 0.378 e. The molecule has 4 amide bonds. The number of anilines is 3. The van der Waals surface area contributed by atoms with E-state index in [4.69, 9.17) is 4.74 Å². The quantitative estimate of drug-likeness (QED) is 0.789. The van der Waals surface area contributed by atoms with E-state index in [1.165, 1.54) is 0 Å². The molecule has 3 N–H and O–H groups in total. The van der Waals surface area contributed by atoms with Gasteiger partial charge in [-0.3, -0.25) is 0 Å². The van der Waals surface area contributed by atoms with Crippen molar-refractivity contribution in [3.8, 4) is 0 Å². The van der Waals surface area contributed by atoms with E-state index in [2.05, 4.69) is 16.0 Å². The third-order valence-electron chi connectivity index (χ3n) is 4.07. The van der Waals surface area contributed by atoms with Gasteiger partial charge >= 0.3 is 12.1 Å². The van der Waals surface area contributed by atoms with Gasteiger partial charge in [-0.2, -0.15) is 0 Å². The van der Waals surface area contributed by atoms with Crippen LogP contribution in [0.5, 0.6) is 0 Å². The molecule has 0 aliphatic carbocycles. The van der Waals surface area contributed by atoms with Crippen molar-refractivity contribution in [2.24, 2.45) is 0 Å². The maximum Gasteiger partial charge on any atom is 0.323 e. The Hall–Kier alpha value is -3.06. The van der Waals surface area contributed by atoms with Crippen LogP contribution in [0.4, 0.5) is 26.7 Å². The van der Waals surface area contributed by atoms with Gasteiger partial charge in [0.25, 0.3) is 0 Å². The lowest BCUT2D eigenvalue weighted by Crippen LogP contribution is -2.43. The number of nitrogens with zero attached hydrogens (tertiary/aromatic N) is 1. The Morgan fingerprint density at radius 2 is 1.62 bits per heavy atom. The lowest BCUT2D eigenvalue weighted by atomic mass is 10.2. The number of benzene rings is 2. The average Bonchev–Trinajstić information content (AvgIpc) is 2.66.